The first kappa shape index (κ1) is 14.0. The van der Waals surface area contributed by atoms with Crippen LogP contribution in [0.4, 0.5) is 0 Å². The summed E-state index contributed by atoms with van der Waals surface area (Å²) in [6.07, 6.45) is 0. The van der Waals surface area contributed by atoms with Crippen molar-refractivity contribution in [2.75, 3.05) is 7.11 Å². The Labute approximate surface area is 115 Å². The first-order valence-corrected chi connectivity index (χ1v) is 5.95. The highest BCUT2D eigenvalue weighted by Crippen LogP contribution is 2.12. The second-order valence-corrected chi connectivity index (χ2v) is 4.32. The largest absolute Gasteiger partial charge is 0.476 e. The summed E-state index contributed by atoms with van der Waals surface area (Å²) in [6.45, 7) is 2.14. The van der Waals surface area contributed by atoms with Crippen molar-refractivity contribution in [2.45, 2.75) is 13.5 Å². The maximum absolute atomic E-state index is 11.6. The highest BCUT2D eigenvalue weighted by atomic mass is 16.5. The van der Waals surface area contributed by atoms with Crippen LogP contribution in [0, 0.1) is 6.92 Å². The monoisotopic (exact) mass is 274 g/mol. The highest BCUT2D eigenvalue weighted by Gasteiger charge is 2.13. The molecule has 0 bridgehead atoms. The van der Waals surface area contributed by atoms with Gasteiger partial charge in [0.05, 0.1) is 12.3 Å². The molecule has 6 nitrogen and oxygen atoms in total. The Kier molecular flexibility index (Phi) is 3.95. The number of benzene rings is 1. The average Bonchev–Trinajstić information content (AvgIpc) is 2.39. The normalized spacial score (nSPS) is 10.5. The molecule has 0 unspecified atom stereocenters. The molecule has 104 valence electrons. The summed E-state index contributed by atoms with van der Waals surface area (Å²) >= 11 is 0. The molecule has 0 aliphatic rings. The molecular formula is C14H14N2O4. The molecule has 1 N–H and O–H groups in total. The summed E-state index contributed by atoms with van der Waals surface area (Å²) in [5, 5.41) is 12.9. The number of carboxylic acid groups (broad SMARTS) is 1. The summed E-state index contributed by atoms with van der Waals surface area (Å²) in [5.41, 5.74) is 1.09. The first-order chi connectivity index (χ1) is 9.52. The molecule has 1 aromatic heterocycles. The van der Waals surface area contributed by atoms with Crippen LogP contribution in [0.3, 0.4) is 0 Å². The van der Waals surface area contributed by atoms with Crippen LogP contribution < -0.4 is 5.43 Å². The molecule has 20 heavy (non-hydrogen) atoms. The molecular weight excluding hydrogens is 260 g/mol. The van der Waals surface area contributed by atoms with Gasteiger partial charge in [-0.2, -0.15) is 5.10 Å². The number of carbonyl (C=O) groups is 1. The average molecular weight is 274 g/mol. The number of methoxy groups -OCH3 is 1. The smallest absolute Gasteiger partial charge is 0.360 e. The van der Waals surface area contributed by atoms with Gasteiger partial charge in [-0.05, 0) is 24.6 Å². The number of aryl methyl sites for hydroxylation is 1. The third kappa shape index (κ3) is 2.75. The molecule has 0 spiro atoms. The number of nitrogens with zero attached hydrogens (tertiary/aromatic N) is 2. The summed E-state index contributed by atoms with van der Waals surface area (Å²) in [7, 11) is 1.60. The fraction of sp³-hybridized carbons (Fsp3) is 0.214. The van der Waals surface area contributed by atoms with Gasteiger partial charge in [0.15, 0.2) is 0 Å². The predicted octanol–water partition coefficient (Wildman–Crippen LogP) is 1.39. The van der Waals surface area contributed by atoms with E-state index in [9.17, 15) is 9.59 Å². The quantitative estimate of drug-likeness (QED) is 0.911. The van der Waals surface area contributed by atoms with E-state index in [1.165, 1.54) is 10.7 Å². The van der Waals surface area contributed by atoms with Crippen LogP contribution in [0.15, 0.2) is 35.1 Å². The van der Waals surface area contributed by atoms with Crippen molar-refractivity contribution < 1.29 is 14.6 Å². The molecule has 2 aromatic rings. The van der Waals surface area contributed by atoms with E-state index in [1.54, 1.807) is 20.1 Å². The molecule has 0 radical (unpaired) electrons. The lowest BCUT2D eigenvalue weighted by atomic mass is 10.2. The Morgan fingerprint density at radius 2 is 2.15 bits per heavy atom. The zero-order chi connectivity index (χ0) is 14.7. The van der Waals surface area contributed by atoms with E-state index in [2.05, 4.69) is 5.10 Å². The summed E-state index contributed by atoms with van der Waals surface area (Å²) in [5.74, 6) is -1.34. The maximum Gasteiger partial charge on any atom is 0.360 e. The Morgan fingerprint density at radius 1 is 1.40 bits per heavy atom. The van der Waals surface area contributed by atoms with Gasteiger partial charge in [0, 0.05) is 18.9 Å². The van der Waals surface area contributed by atoms with Crippen molar-refractivity contribution in [1.82, 2.24) is 9.78 Å². The third-order valence-electron chi connectivity index (χ3n) is 2.78. The van der Waals surface area contributed by atoms with Gasteiger partial charge >= 0.3 is 5.97 Å². The van der Waals surface area contributed by atoms with Crippen LogP contribution in [0.5, 0.6) is 0 Å². The van der Waals surface area contributed by atoms with Crippen molar-refractivity contribution in [3.05, 3.63) is 57.5 Å². The fourth-order valence-electron chi connectivity index (χ4n) is 1.90. The van der Waals surface area contributed by atoms with Gasteiger partial charge in [0.25, 0.3) is 0 Å². The summed E-state index contributed by atoms with van der Waals surface area (Å²) < 4.78 is 6.49. The molecule has 6 heteroatoms. The fourth-order valence-corrected chi connectivity index (χ4v) is 1.90. The second kappa shape index (κ2) is 5.66. The number of ether oxygens (including phenoxy) is 1. The van der Waals surface area contributed by atoms with Crippen molar-refractivity contribution in [2.24, 2.45) is 0 Å². The zero-order valence-corrected chi connectivity index (χ0v) is 11.2. The first-order valence-electron chi connectivity index (χ1n) is 5.95. The van der Waals surface area contributed by atoms with Gasteiger partial charge in [0.1, 0.15) is 0 Å². The van der Waals surface area contributed by atoms with Crippen LogP contribution in [0.25, 0.3) is 5.69 Å². The van der Waals surface area contributed by atoms with E-state index in [0.29, 0.717) is 18.0 Å². The molecule has 1 heterocycles. The van der Waals surface area contributed by atoms with E-state index >= 15 is 0 Å². The molecule has 0 aliphatic heterocycles. The maximum atomic E-state index is 11.6. The molecule has 0 saturated carbocycles. The van der Waals surface area contributed by atoms with E-state index < -0.39 is 17.1 Å². The van der Waals surface area contributed by atoms with Gasteiger partial charge in [-0.15, -0.1) is 0 Å². The Balaban J connectivity index is 2.57. The zero-order valence-electron chi connectivity index (χ0n) is 11.2. The molecule has 0 saturated heterocycles. The van der Waals surface area contributed by atoms with Gasteiger partial charge < -0.3 is 9.84 Å². The molecule has 1 aromatic carbocycles. The number of hydrogen-bond donors (Lipinski definition) is 1. The molecule has 0 fully saturated rings. The van der Waals surface area contributed by atoms with E-state index in [1.807, 2.05) is 18.2 Å². The van der Waals surface area contributed by atoms with Crippen LogP contribution >= 0.6 is 0 Å². The Hall–Kier alpha value is -2.47. The Morgan fingerprint density at radius 3 is 2.80 bits per heavy atom. The van der Waals surface area contributed by atoms with Gasteiger partial charge in [-0.1, -0.05) is 12.1 Å². The van der Waals surface area contributed by atoms with Crippen molar-refractivity contribution in [1.29, 1.82) is 0 Å². The number of aromatic nitrogens is 2. The summed E-state index contributed by atoms with van der Waals surface area (Å²) in [6, 6.07) is 8.60. The van der Waals surface area contributed by atoms with Crippen molar-refractivity contribution in [3.63, 3.8) is 0 Å². The number of hydrogen-bond acceptors (Lipinski definition) is 4. The Bertz CT molecular complexity index is 707. The lowest BCUT2D eigenvalue weighted by molar-refractivity contribution is 0.0686. The van der Waals surface area contributed by atoms with Crippen LogP contribution in [-0.2, 0) is 11.3 Å². The minimum absolute atomic E-state index is 0.443. The molecule has 0 atom stereocenters. The van der Waals surface area contributed by atoms with Gasteiger partial charge in [-0.3, -0.25) is 4.79 Å². The summed E-state index contributed by atoms with van der Waals surface area (Å²) in [4.78, 5) is 22.5. The topological polar surface area (TPSA) is 81.4 Å². The van der Waals surface area contributed by atoms with Crippen LogP contribution in [-0.4, -0.2) is 28.0 Å². The molecule has 2 rings (SSSR count). The van der Waals surface area contributed by atoms with Crippen molar-refractivity contribution >= 4 is 5.97 Å². The van der Waals surface area contributed by atoms with Crippen LogP contribution in [0.2, 0.25) is 0 Å². The minimum Gasteiger partial charge on any atom is -0.476 e. The highest BCUT2D eigenvalue weighted by molar-refractivity contribution is 5.84. The second-order valence-electron chi connectivity index (χ2n) is 4.32. The standard InChI is InChI=1S/C14H14N2O4/c1-9-6-12(17)13(14(18)19)15-16(9)11-5-3-4-10(7-11)8-20-2/h3-7H,8H2,1-2H3,(H,18,19). The third-order valence-corrected chi connectivity index (χ3v) is 2.78. The predicted molar refractivity (Wildman–Crippen MR) is 72.2 cm³/mol. The minimum atomic E-state index is -1.34. The van der Waals surface area contributed by atoms with Gasteiger partial charge in [0.2, 0.25) is 11.1 Å². The van der Waals surface area contributed by atoms with E-state index in [0.717, 1.165) is 5.56 Å². The molecule has 0 amide bonds. The number of rotatable bonds is 4. The lowest BCUT2D eigenvalue weighted by Gasteiger charge is -2.11. The lowest BCUT2D eigenvalue weighted by Crippen LogP contribution is -2.22. The SMILES string of the molecule is COCc1cccc(-n2nc(C(=O)O)c(=O)cc2C)c1. The van der Waals surface area contributed by atoms with Crippen LogP contribution in [0.1, 0.15) is 21.7 Å². The number of carboxylic acids is 1. The van der Waals surface area contributed by atoms with Gasteiger partial charge in [-0.25, -0.2) is 9.48 Å². The number of aromatic carboxylic acids is 1. The van der Waals surface area contributed by atoms with Crippen molar-refractivity contribution in [3.8, 4) is 5.69 Å². The van der Waals surface area contributed by atoms with E-state index in [4.69, 9.17) is 9.84 Å². The van der Waals surface area contributed by atoms with E-state index in [-0.39, 0.29) is 0 Å². The molecule has 0 aliphatic carbocycles.